The molecule has 0 N–H and O–H groups in total. The largest absolute Gasteiger partial charge is 0.0622 e. The quantitative estimate of drug-likeness (QED) is 0.474. The van der Waals surface area contributed by atoms with E-state index in [1.54, 1.807) is 0 Å². The van der Waals surface area contributed by atoms with Gasteiger partial charge in [0.05, 0.1) is 0 Å². The third-order valence-corrected chi connectivity index (χ3v) is 3.40. The molecule has 0 unspecified atom stereocenters. The molecule has 0 aliphatic heterocycles. The van der Waals surface area contributed by atoms with Gasteiger partial charge in [0.15, 0.2) is 0 Å². The summed E-state index contributed by atoms with van der Waals surface area (Å²) < 4.78 is 0. The van der Waals surface area contributed by atoms with Gasteiger partial charge in [0.1, 0.15) is 0 Å². The Morgan fingerprint density at radius 2 is 0.650 bits per heavy atom. The Labute approximate surface area is 160 Å². The van der Waals surface area contributed by atoms with Gasteiger partial charge in [-0.25, -0.2) is 0 Å². The molecule has 96 valence electrons. The van der Waals surface area contributed by atoms with Gasteiger partial charge < -0.3 is 0 Å². The summed E-state index contributed by atoms with van der Waals surface area (Å²) in [5.41, 5.74) is 4.00. The predicted octanol–water partition coefficient (Wildman–Crippen LogP) is 3.95. The molecule has 0 saturated heterocycles. The van der Waals surface area contributed by atoms with Crippen molar-refractivity contribution in [3.63, 3.8) is 0 Å². The van der Waals surface area contributed by atoms with E-state index >= 15 is 0 Å². The van der Waals surface area contributed by atoms with Crippen molar-refractivity contribution in [2.24, 2.45) is 0 Å². The van der Waals surface area contributed by atoms with Gasteiger partial charge in [-0.15, -0.1) is 0 Å². The van der Waals surface area contributed by atoms with Crippen LogP contribution in [0.1, 0.15) is 22.6 Å². The van der Waals surface area contributed by atoms with Crippen LogP contribution in [0.5, 0.6) is 0 Å². The molecule has 3 aromatic rings. The normalized spacial score (nSPS) is 10.1. The summed E-state index contributed by atoms with van der Waals surface area (Å²) in [5, 5.41) is 0. The van der Waals surface area contributed by atoms with Gasteiger partial charge in [0.25, 0.3) is 0 Å². The first kappa shape index (κ1) is 15.6. The number of hydrogen-bond donors (Lipinski definition) is 0. The van der Waals surface area contributed by atoms with Gasteiger partial charge in [-0.05, 0) is 16.7 Å². The van der Waals surface area contributed by atoms with E-state index in [1.807, 2.05) is 0 Å². The standard InChI is InChI=1S/C19H16.Ba.2H/c1-4-10-16(11-5-1)19(17-12-6-2-7-13-17)18-14-8-3-9-15-18;;;/h1-15,19H;;;. The summed E-state index contributed by atoms with van der Waals surface area (Å²) in [6.45, 7) is 0. The van der Waals surface area contributed by atoms with Crippen LogP contribution in [0.25, 0.3) is 0 Å². The van der Waals surface area contributed by atoms with Crippen LogP contribution in [0.2, 0.25) is 0 Å². The Morgan fingerprint density at radius 1 is 0.400 bits per heavy atom. The molecular formula is C19H18Ba. The van der Waals surface area contributed by atoms with Gasteiger partial charge >= 0.3 is 48.9 Å². The second-order valence-corrected chi connectivity index (χ2v) is 4.67. The molecule has 0 aliphatic carbocycles. The molecule has 0 atom stereocenters. The summed E-state index contributed by atoms with van der Waals surface area (Å²) in [7, 11) is 0. The molecule has 3 rings (SSSR count). The monoisotopic (exact) mass is 384 g/mol. The Hall–Kier alpha value is -0.769. The zero-order valence-corrected chi connectivity index (χ0v) is 10.7. The van der Waals surface area contributed by atoms with Crippen molar-refractivity contribution < 1.29 is 0 Å². The molecule has 0 radical (unpaired) electrons. The van der Waals surface area contributed by atoms with E-state index in [4.69, 9.17) is 0 Å². The number of hydrogen-bond acceptors (Lipinski definition) is 0. The molecule has 0 fully saturated rings. The molecule has 0 spiro atoms. The van der Waals surface area contributed by atoms with E-state index in [0.717, 1.165) is 0 Å². The Balaban J connectivity index is 0.00000147. The average molecular weight is 384 g/mol. The van der Waals surface area contributed by atoms with E-state index in [-0.39, 0.29) is 48.9 Å². The molecule has 0 saturated carbocycles. The maximum absolute atomic E-state index is 2.20. The van der Waals surface area contributed by atoms with Crippen molar-refractivity contribution in [3.8, 4) is 0 Å². The van der Waals surface area contributed by atoms with Gasteiger partial charge in [-0.1, -0.05) is 91.0 Å². The van der Waals surface area contributed by atoms with Crippen molar-refractivity contribution in [2.45, 2.75) is 5.92 Å². The third-order valence-electron chi connectivity index (χ3n) is 3.40. The molecular weight excluding hydrogens is 366 g/mol. The van der Waals surface area contributed by atoms with Gasteiger partial charge in [0.2, 0.25) is 0 Å². The second-order valence-electron chi connectivity index (χ2n) is 4.67. The van der Waals surface area contributed by atoms with Crippen molar-refractivity contribution in [1.29, 1.82) is 0 Å². The fourth-order valence-electron chi connectivity index (χ4n) is 2.51. The molecule has 0 aromatic heterocycles. The Morgan fingerprint density at radius 3 is 0.900 bits per heavy atom. The van der Waals surface area contributed by atoms with Crippen LogP contribution in [-0.2, 0) is 0 Å². The number of benzene rings is 3. The van der Waals surface area contributed by atoms with E-state index < -0.39 is 0 Å². The maximum Gasteiger partial charge on any atom is 0.0339 e. The van der Waals surface area contributed by atoms with Crippen LogP contribution >= 0.6 is 0 Å². The van der Waals surface area contributed by atoms with Crippen LogP contribution in [-0.4, -0.2) is 48.9 Å². The second kappa shape index (κ2) is 7.87. The smallest absolute Gasteiger partial charge is 0.0339 e. The summed E-state index contributed by atoms with van der Waals surface area (Å²) in [6, 6.07) is 32.0. The van der Waals surface area contributed by atoms with E-state index in [0.29, 0.717) is 5.92 Å². The Kier molecular flexibility index (Phi) is 6.14. The summed E-state index contributed by atoms with van der Waals surface area (Å²) in [4.78, 5) is 0. The van der Waals surface area contributed by atoms with Gasteiger partial charge in [-0.2, -0.15) is 0 Å². The summed E-state index contributed by atoms with van der Waals surface area (Å²) in [6.07, 6.45) is 0. The molecule has 3 aromatic carbocycles. The minimum Gasteiger partial charge on any atom is -0.0622 e. The molecule has 0 nitrogen and oxygen atoms in total. The van der Waals surface area contributed by atoms with Crippen molar-refractivity contribution >= 4 is 48.9 Å². The van der Waals surface area contributed by atoms with Crippen molar-refractivity contribution in [1.82, 2.24) is 0 Å². The molecule has 0 aliphatic rings. The molecule has 0 heterocycles. The van der Waals surface area contributed by atoms with Crippen LogP contribution in [0.3, 0.4) is 0 Å². The van der Waals surface area contributed by atoms with E-state index in [9.17, 15) is 0 Å². The molecule has 0 amide bonds. The van der Waals surface area contributed by atoms with Gasteiger partial charge in [0, 0.05) is 5.92 Å². The van der Waals surface area contributed by atoms with E-state index in [2.05, 4.69) is 91.0 Å². The fourth-order valence-corrected chi connectivity index (χ4v) is 2.51. The van der Waals surface area contributed by atoms with Crippen LogP contribution in [0.4, 0.5) is 0 Å². The topological polar surface area (TPSA) is 0 Å². The zero-order chi connectivity index (χ0) is 12.9. The predicted molar refractivity (Wildman–Crippen MR) is 88.8 cm³/mol. The number of rotatable bonds is 3. The summed E-state index contributed by atoms with van der Waals surface area (Å²) >= 11 is 0. The maximum atomic E-state index is 2.20. The Bertz CT molecular complexity index is 524. The SMILES string of the molecule is [BaH2].c1ccc(C(c2ccccc2)c2ccccc2)cc1. The van der Waals surface area contributed by atoms with Crippen LogP contribution in [0.15, 0.2) is 91.0 Å². The minimum absolute atomic E-state index is 0. The average Bonchev–Trinajstić information content (AvgIpc) is 2.51. The zero-order valence-electron chi connectivity index (χ0n) is 10.7. The first-order valence-corrected chi connectivity index (χ1v) is 6.60. The first-order chi connectivity index (χ1) is 9.45. The van der Waals surface area contributed by atoms with Gasteiger partial charge in [-0.3, -0.25) is 0 Å². The van der Waals surface area contributed by atoms with Crippen molar-refractivity contribution in [2.75, 3.05) is 0 Å². The van der Waals surface area contributed by atoms with Crippen LogP contribution < -0.4 is 0 Å². The van der Waals surface area contributed by atoms with Crippen LogP contribution in [0, 0.1) is 0 Å². The van der Waals surface area contributed by atoms with Crippen molar-refractivity contribution in [3.05, 3.63) is 108 Å². The third kappa shape index (κ3) is 3.66. The first-order valence-electron chi connectivity index (χ1n) is 6.60. The van der Waals surface area contributed by atoms with E-state index in [1.165, 1.54) is 16.7 Å². The molecule has 20 heavy (non-hydrogen) atoms. The molecule has 1 heteroatoms. The minimum atomic E-state index is 0. The molecule has 0 bridgehead atoms. The fraction of sp³-hybridized carbons (Fsp3) is 0.0526. The summed E-state index contributed by atoms with van der Waals surface area (Å²) in [5.74, 6) is 0.309.